The summed E-state index contributed by atoms with van der Waals surface area (Å²) in [4.78, 5) is 2.63. The summed E-state index contributed by atoms with van der Waals surface area (Å²) in [5, 5.41) is 3.50. The molecule has 2 aliphatic rings. The Morgan fingerprint density at radius 2 is 2.05 bits per heavy atom. The molecule has 0 spiro atoms. The number of likely N-dealkylation sites (N-methyl/N-ethyl adjacent to an activating group) is 1. The third-order valence-electron chi connectivity index (χ3n) is 4.62. The van der Waals surface area contributed by atoms with Crippen molar-refractivity contribution in [2.24, 2.45) is 5.92 Å². The number of hydrogen-bond donors (Lipinski definition) is 1. The minimum Gasteiger partial charge on any atom is -0.492 e. The molecular weight excluding hydrogens is 236 g/mol. The predicted molar refractivity (Wildman–Crippen MR) is 77.5 cm³/mol. The van der Waals surface area contributed by atoms with Gasteiger partial charge in [-0.25, -0.2) is 0 Å². The third kappa shape index (κ3) is 2.26. The van der Waals surface area contributed by atoms with Crippen LogP contribution in [-0.2, 0) is 0 Å². The van der Waals surface area contributed by atoms with Crippen molar-refractivity contribution in [2.45, 2.75) is 38.4 Å². The average molecular weight is 260 g/mol. The molecule has 4 unspecified atom stereocenters. The molecule has 1 aromatic rings. The topological polar surface area (TPSA) is 24.5 Å². The fraction of sp³-hybridized carbons (Fsp3) is 0.625. The Morgan fingerprint density at radius 1 is 1.26 bits per heavy atom. The molecule has 0 bridgehead atoms. The van der Waals surface area contributed by atoms with Crippen LogP contribution in [0.15, 0.2) is 24.3 Å². The van der Waals surface area contributed by atoms with Crippen LogP contribution in [0.2, 0.25) is 0 Å². The normalized spacial score (nSPS) is 34.9. The van der Waals surface area contributed by atoms with E-state index in [1.54, 1.807) is 0 Å². The summed E-state index contributed by atoms with van der Waals surface area (Å²) in [5.41, 5.74) is 1.30. The lowest BCUT2D eigenvalue weighted by Gasteiger charge is -2.40. The van der Waals surface area contributed by atoms with E-state index in [0.29, 0.717) is 18.1 Å². The molecule has 0 aromatic heterocycles. The predicted octanol–water partition coefficient (Wildman–Crippen LogP) is 2.44. The van der Waals surface area contributed by atoms with Gasteiger partial charge in [0.15, 0.2) is 0 Å². The van der Waals surface area contributed by atoms with Gasteiger partial charge in [-0.3, -0.25) is 4.90 Å². The molecule has 1 N–H and O–H groups in total. The lowest BCUT2D eigenvalue weighted by Crippen LogP contribution is -2.50. The quantitative estimate of drug-likeness (QED) is 0.884. The van der Waals surface area contributed by atoms with Crippen molar-refractivity contribution in [1.82, 2.24) is 10.2 Å². The first-order valence-corrected chi connectivity index (χ1v) is 7.35. The molecule has 2 aliphatic heterocycles. The molecule has 0 amide bonds. The maximum atomic E-state index is 5.98. The highest BCUT2D eigenvalue weighted by Crippen LogP contribution is 2.37. The van der Waals surface area contributed by atoms with E-state index in [4.69, 9.17) is 4.74 Å². The Labute approximate surface area is 115 Å². The molecule has 104 valence electrons. The minimum atomic E-state index is 0.373. The highest BCUT2D eigenvalue weighted by Gasteiger charge is 2.39. The summed E-state index contributed by atoms with van der Waals surface area (Å²) in [6.45, 7) is 6.67. The summed E-state index contributed by atoms with van der Waals surface area (Å²) in [7, 11) is 2.06. The van der Waals surface area contributed by atoms with E-state index in [-0.39, 0.29) is 0 Å². The van der Waals surface area contributed by atoms with Crippen molar-refractivity contribution in [3.63, 3.8) is 0 Å². The number of likely N-dealkylation sites (tertiary alicyclic amines) is 1. The molecule has 1 saturated heterocycles. The zero-order chi connectivity index (χ0) is 13.4. The van der Waals surface area contributed by atoms with Gasteiger partial charge in [-0.05, 0) is 32.4 Å². The standard InChI is InChI=1S/C16H24N2O/c1-11-8-12(2)18(9-11)14-10-19-15-7-5-4-6-13(15)16(14)17-3/h4-7,11-12,14,16-17H,8-10H2,1-3H3. The highest BCUT2D eigenvalue weighted by atomic mass is 16.5. The SMILES string of the molecule is CNC1c2ccccc2OCC1N1CC(C)CC1C. The Kier molecular flexibility index (Phi) is 3.50. The summed E-state index contributed by atoms with van der Waals surface area (Å²) >= 11 is 0. The average Bonchev–Trinajstić information content (AvgIpc) is 2.76. The van der Waals surface area contributed by atoms with E-state index in [1.807, 2.05) is 6.07 Å². The third-order valence-corrected chi connectivity index (χ3v) is 4.62. The van der Waals surface area contributed by atoms with Gasteiger partial charge in [-0.15, -0.1) is 0 Å². The van der Waals surface area contributed by atoms with E-state index in [0.717, 1.165) is 18.3 Å². The lowest BCUT2D eigenvalue weighted by molar-refractivity contribution is 0.0818. The number of ether oxygens (including phenoxy) is 1. The second-order valence-corrected chi connectivity index (χ2v) is 6.07. The lowest BCUT2D eigenvalue weighted by atomic mass is 9.95. The van der Waals surface area contributed by atoms with E-state index in [9.17, 15) is 0 Å². The number of hydrogen-bond acceptors (Lipinski definition) is 3. The molecule has 0 saturated carbocycles. The Bertz CT molecular complexity index is 448. The number of nitrogens with one attached hydrogen (secondary N) is 1. The van der Waals surface area contributed by atoms with Gasteiger partial charge in [0.2, 0.25) is 0 Å². The van der Waals surface area contributed by atoms with Gasteiger partial charge in [-0.1, -0.05) is 25.1 Å². The van der Waals surface area contributed by atoms with Crippen LogP contribution in [0, 0.1) is 5.92 Å². The summed E-state index contributed by atoms with van der Waals surface area (Å²) < 4.78 is 5.98. The Morgan fingerprint density at radius 3 is 2.74 bits per heavy atom. The van der Waals surface area contributed by atoms with E-state index < -0.39 is 0 Å². The molecule has 3 nitrogen and oxygen atoms in total. The van der Waals surface area contributed by atoms with Crippen LogP contribution in [0.3, 0.4) is 0 Å². The maximum Gasteiger partial charge on any atom is 0.124 e. The molecule has 2 heterocycles. The first-order chi connectivity index (χ1) is 9.20. The molecule has 3 rings (SSSR count). The van der Waals surface area contributed by atoms with Gasteiger partial charge < -0.3 is 10.1 Å². The summed E-state index contributed by atoms with van der Waals surface area (Å²) in [6, 6.07) is 9.89. The smallest absolute Gasteiger partial charge is 0.124 e. The fourth-order valence-corrected chi connectivity index (χ4v) is 3.78. The fourth-order valence-electron chi connectivity index (χ4n) is 3.78. The molecule has 1 aromatic carbocycles. The molecule has 3 heteroatoms. The van der Waals surface area contributed by atoms with Gasteiger partial charge in [0.05, 0.1) is 12.1 Å². The largest absolute Gasteiger partial charge is 0.492 e. The second kappa shape index (κ2) is 5.14. The van der Waals surface area contributed by atoms with E-state index in [1.165, 1.54) is 18.5 Å². The Hall–Kier alpha value is -1.06. The first-order valence-electron chi connectivity index (χ1n) is 7.35. The van der Waals surface area contributed by atoms with Crippen molar-refractivity contribution in [3.05, 3.63) is 29.8 Å². The molecule has 1 fully saturated rings. The summed E-state index contributed by atoms with van der Waals surface area (Å²) in [5.74, 6) is 1.84. The zero-order valence-corrected chi connectivity index (χ0v) is 12.1. The van der Waals surface area contributed by atoms with Crippen molar-refractivity contribution in [3.8, 4) is 5.75 Å². The van der Waals surface area contributed by atoms with Crippen LogP contribution in [0.1, 0.15) is 31.9 Å². The number of para-hydroxylation sites is 1. The van der Waals surface area contributed by atoms with Crippen LogP contribution < -0.4 is 10.1 Å². The molecular formula is C16H24N2O. The monoisotopic (exact) mass is 260 g/mol. The first kappa shape index (κ1) is 12.9. The van der Waals surface area contributed by atoms with Crippen LogP contribution in [-0.4, -0.2) is 37.2 Å². The van der Waals surface area contributed by atoms with Crippen molar-refractivity contribution >= 4 is 0 Å². The van der Waals surface area contributed by atoms with E-state index in [2.05, 4.69) is 49.3 Å². The van der Waals surface area contributed by atoms with Gasteiger partial charge in [0, 0.05) is 18.2 Å². The number of fused-ring (bicyclic) bond motifs is 1. The summed E-state index contributed by atoms with van der Waals surface area (Å²) in [6.07, 6.45) is 1.30. The van der Waals surface area contributed by atoms with Crippen LogP contribution in [0.5, 0.6) is 5.75 Å². The second-order valence-electron chi connectivity index (χ2n) is 6.07. The molecule has 0 aliphatic carbocycles. The van der Waals surface area contributed by atoms with Gasteiger partial charge >= 0.3 is 0 Å². The number of nitrogens with zero attached hydrogens (tertiary/aromatic N) is 1. The van der Waals surface area contributed by atoms with Gasteiger partial charge in [0.1, 0.15) is 12.4 Å². The van der Waals surface area contributed by atoms with Gasteiger partial charge in [0.25, 0.3) is 0 Å². The van der Waals surface area contributed by atoms with Crippen LogP contribution >= 0.6 is 0 Å². The van der Waals surface area contributed by atoms with Gasteiger partial charge in [-0.2, -0.15) is 0 Å². The minimum absolute atomic E-state index is 0.373. The molecule has 19 heavy (non-hydrogen) atoms. The highest BCUT2D eigenvalue weighted by molar-refractivity contribution is 5.38. The van der Waals surface area contributed by atoms with Crippen LogP contribution in [0.25, 0.3) is 0 Å². The molecule has 0 radical (unpaired) electrons. The van der Waals surface area contributed by atoms with Crippen molar-refractivity contribution in [1.29, 1.82) is 0 Å². The van der Waals surface area contributed by atoms with Crippen LogP contribution in [0.4, 0.5) is 0 Å². The van der Waals surface area contributed by atoms with Crippen molar-refractivity contribution < 1.29 is 4.74 Å². The maximum absolute atomic E-state index is 5.98. The Balaban J connectivity index is 1.88. The number of benzene rings is 1. The molecule has 4 atom stereocenters. The van der Waals surface area contributed by atoms with E-state index >= 15 is 0 Å². The van der Waals surface area contributed by atoms with Crippen molar-refractivity contribution in [2.75, 3.05) is 20.2 Å². The zero-order valence-electron chi connectivity index (χ0n) is 12.1. The number of rotatable bonds is 2.